The van der Waals surface area contributed by atoms with Gasteiger partial charge in [0.25, 0.3) is 0 Å². The number of hydrogen-bond donors (Lipinski definition) is 1. The highest BCUT2D eigenvalue weighted by molar-refractivity contribution is 5.36. The van der Waals surface area contributed by atoms with E-state index >= 15 is 0 Å². The molecule has 7 heteroatoms. The van der Waals surface area contributed by atoms with E-state index < -0.39 is 0 Å². The average Bonchev–Trinajstić information content (AvgIpc) is 2.42. The summed E-state index contributed by atoms with van der Waals surface area (Å²) in [4.78, 5) is 17.0. The molecule has 0 aromatic carbocycles. The third kappa shape index (κ3) is 5.34. The van der Waals surface area contributed by atoms with E-state index in [1.165, 1.54) is 0 Å². The van der Waals surface area contributed by atoms with Gasteiger partial charge >= 0.3 is 6.01 Å². The van der Waals surface area contributed by atoms with Crippen molar-refractivity contribution in [3.05, 3.63) is 0 Å². The largest absolute Gasteiger partial charge is 0.462 e. The summed E-state index contributed by atoms with van der Waals surface area (Å²) in [6, 6.07) is 1.32. The molecule has 1 N–H and O–H groups in total. The Morgan fingerprint density at radius 1 is 1.05 bits per heavy atom. The topological polar surface area (TPSA) is 66.4 Å². The standard InChI is InChI=1S/C14H28N6O/c1-10(2)20(11(3)4)8-9-21-14-17-12(15-5)16-13(18-14)19(6)7/h10-11H,8-9H2,1-7H3,(H,15,16,17,18). The van der Waals surface area contributed by atoms with Gasteiger partial charge in [-0.05, 0) is 27.7 Å². The Kier molecular flexibility index (Phi) is 6.61. The van der Waals surface area contributed by atoms with Gasteiger partial charge in [-0.1, -0.05) is 0 Å². The van der Waals surface area contributed by atoms with Gasteiger partial charge in [-0.2, -0.15) is 15.0 Å². The van der Waals surface area contributed by atoms with Gasteiger partial charge < -0.3 is 15.0 Å². The van der Waals surface area contributed by atoms with E-state index in [2.05, 4.69) is 52.9 Å². The van der Waals surface area contributed by atoms with Crippen molar-refractivity contribution < 1.29 is 4.74 Å². The first-order chi connectivity index (χ1) is 9.85. The lowest BCUT2D eigenvalue weighted by molar-refractivity contribution is 0.138. The molecule has 0 spiro atoms. The maximum atomic E-state index is 5.70. The van der Waals surface area contributed by atoms with Crippen LogP contribution in [0.2, 0.25) is 0 Å². The fraction of sp³-hybridized carbons (Fsp3) is 0.786. The van der Waals surface area contributed by atoms with E-state index in [0.29, 0.717) is 36.6 Å². The predicted molar refractivity (Wildman–Crippen MR) is 86.2 cm³/mol. The predicted octanol–water partition coefficient (Wildman–Crippen LogP) is 1.48. The van der Waals surface area contributed by atoms with Crippen molar-refractivity contribution in [3.8, 4) is 6.01 Å². The fourth-order valence-corrected chi connectivity index (χ4v) is 2.08. The molecular weight excluding hydrogens is 268 g/mol. The highest BCUT2D eigenvalue weighted by Crippen LogP contribution is 2.13. The molecule has 1 aromatic rings. The summed E-state index contributed by atoms with van der Waals surface area (Å²) < 4.78 is 5.70. The summed E-state index contributed by atoms with van der Waals surface area (Å²) in [5, 5.41) is 2.92. The number of ether oxygens (including phenoxy) is 1. The second-order valence-electron chi connectivity index (χ2n) is 5.66. The van der Waals surface area contributed by atoms with Crippen molar-refractivity contribution in [2.24, 2.45) is 0 Å². The van der Waals surface area contributed by atoms with Crippen LogP contribution in [0.5, 0.6) is 6.01 Å². The van der Waals surface area contributed by atoms with Gasteiger partial charge in [-0.25, -0.2) is 0 Å². The molecule has 0 aliphatic heterocycles. The minimum absolute atomic E-state index is 0.352. The van der Waals surface area contributed by atoms with Crippen molar-refractivity contribution >= 4 is 11.9 Å². The van der Waals surface area contributed by atoms with E-state index in [9.17, 15) is 0 Å². The van der Waals surface area contributed by atoms with Crippen LogP contribution in [0.3, 0.4) is 0 Å². The van der Waals surface area contributed by atoms with Gasteiger partial charge in [0.05, 0.1) is 0 Å². The molecule has 0 radical (unpaired) electrons. The molecule has 0 amide bonds. The van der Waals surface area contributed by atoms with Crippen LogP contribution in [0.4, 0.5) is 11.9 Å². The van der Waals surface area contributed by atoms with E-state index in [4.69, 9.17) is 4.74 Å². The lowest BCUT2D eigenvalue weighted by atomic mass is 10.2. The zero-order valence-electron chi connectivity index (χ0n) is 14.2. The molecule has 1 heterocycles. The smallest absolute Gasteiger partial charge is 0.323 e. The van der Waals surface area contributed by atoms with Crippen molar-refractivity contribution in [1.82, 2.24) is 19.9 Å². The quantitative estimate of drug-likeness (QED) is 0.779. The highest BCUT2D eigenvalue weighted by Gasteiger charge is 2.14. The first-order valence-electron chi connectivity index (χ1n) is 7.34. The molecule has 7 nitrogen and oxygen atoms in total. The summed E-state index contributed by atoms with van der Waals surface area (Å²) in [6.45, 7) is 10.1. The molecule has 0 saturated carbocycles. The van der Waals surface area contributed by atoms with Crippen molar-refractivity contribution in [1.29, 1.82) is 0 Å². The van der Waals surface area contributed by atoms with Crippen LogP contribution < -0.4 is 15.0 Å². The van der Waals surface area contributed by atoms with Gasteiger partial charge in [0.15, 0.2) is 0 Å². The van der Waals surface area contributed by atoms with Gasteiger partial charge in [0.1, 0.15) is 6.61 Å². The normalized spacial score (nSPS) is 11.3. The summed E-state index contributed by atoms with van der Waals surface area (Å²) in [6.07, 6.45) is 0. The molecule has 0 aliphatic rings. The van der Waals surface area contributed by atoms with Crippen LogP contribution in [0, 0.1) is 0 Å². The number of nitrogens with one attached hydrogen (secondary N) is 1. The second kappa shape index (κ2) is 7.97. The summed E-state index contributed by atoms with van der Waals surface area (Å²) in [5.74, 6) is 1.09. The Hall–Kier alpha value is -1.63. The lowest BCUT2D eigenvalue weighted by Gasteiger charge is -2.30. The zero-order valence-corrected chi connectivity index (χ0v) is 14.2. The Morgan fingerprint density at radius 2 is 1.67 bits per heavy atom. The number of hydrogen-bond acceptors (Lipinski definition) is 7. The molecule has 0 saturated heterocycles. The first-order valence-corrected chi connectivity index (χ1v) is 7.34. The average molecular weight is 296 g/mol. The summed E-state index contributed by atoms with van der Waals surface area (Å²) >= 11 is 0. The monoisotopic (exact) mass is 296 g/mol. The van der Waals surface area contributed by atoms with Crippen LogP contribution in [-0.2, 0) is 0 Å². The minimum atomic E-state index is 0.352. The van der Waals surface area contributed by atoms with Crippen LogP contribution in [0.25, 0.3) is 0 Å². The van der Waals surface area contributed by atoms with Crippen molar-refractivity contribution in [2.75, 3.05) is 44.5 Å². The van der Waals surface area contributed by atoms with Gasteiger partial charge in [-0.15, -0.1) is 0 Å². The number of nitrogens with zero attached hydrogens (tertiary/aromatic N) is 5. The van der Waals surface area contributed by atoms with Crippen LogP contribution in [-0.4, -0.2) is 66.2 Å². The fourth-order valence-electron chi connectivity index (χ4n) is 2.08. The molecule has 21 heavy (non-hydrogen) atoms. The van der Waals surface area contributed by atoms with Gasteiger partial charge in [0, 0.05) is 39.8 Å². The maximum Gasteiger partial charge on any atom is 0.323 e. The molecule has 120 valence electrons. The van der Waals surface area contributed by atoms with E-state index in [-0.39, 0.29) is 0 Å². The molecule has 0 bridgehead atoms. The van der Waals surface area contributed by atoms with Gasteiger partial charge in [0.2, 0.25) is 11.9 Å². The third-order valence-electron chi connectivity index (χ3n) is 3.13. The molecular formula is C14H28N6O. The SMILES string of the molecule is CNc1nc(OCCN(C(C)C)C(C)C)nc(N(C)C)n1. The lowest BCUT2D eigenvalue weighted by Crippen LogP contribution is -2.39. The van der Waals surface area contributed by atoms with E-state index in [1.807, 2.05) is 19.0 Å². The Morgan fingerprint density at radius 3 is 2.14 bits per heavy atom. The maximum absolute atomic E-state index is 5.70. The Bertz CT molecular complexity index is 427. The third-order valence-corrected chi connectivity index (χ3v) is 3.13. The molecule has 1 rings (SSSR count). The highest BCUT2D eigenvalue weighted by atomic mass is 16.5. The molecule has 0 atom stereocenters. The van der Waals surface area contributed by atoms with Crippen molar-refractivity contribution in [2.45, 2.75) is 39.8 Å². The minimum Gasteiger partial charge on any atom is -0.462 e. The van der Waals surface area contributed by atoms with Crippen LogP contribution >= 0.6 is 0 Å². The van der Waals surface area contributed by atoms with E-state index in [1.54, 1.807) is 7.05 Å². The number of rotatable bonds is 8. The molecule has 0 fully saturated rings. The summed E-state index contributed by atoms with van der Waals surface area (Å²) in [5.41, 5.74) is 0. The van der Waals surface area contributed by atoms with E-state index in [0.717, 1.165) is 6.54 Å². The number of aromatic nitrogens is 3. The molecule has 0 aliphatic carbocycles. The van der Waals surface area contributed by atoms with Crippen molar-refractivity contribution in [3.63, 3.8) is 0 Å². The first kappa shape index (κ1) is 17.4. The molecule has 0 unspecified atom stereocenters. The Labute approximate surface area is 127 Å². The zero-order chi connectivity index (χ0) is 16.0. The number of anilines is 2. The van der Waals surface area contributed by atoms with Gasteiger partial charge in [-0.3, -0.25) is 4.90 Å². The van der Waals surface area contributed by atoms with Crippen LogP contribution in [0.1, 0.15) is 27.7 Å². The second-order valence-corrected chi connectivity index (χ2v) is 5.66. The Balaban J connectivity index is 2.68. The molecule has 1 aromatic heterocycles. The van der Waals surface area contributed by atoms with Crippen LogP contribution in [0.15, 0.2) is 0 Å². The summed E-state index contributed by atoms with van der Waals surface area (Å²) in [7, 11) is 5.55.